The van der Waals surface area contributed by atoms with E-state index < -0.39 is 0 Å². The molecular formula is C26H29N3O2S2. The number of hydrogen-bond donors (Lipinski definition) is 2. The maximum atomic E-state index is 12.9. The fourth-order valence-electron chi connectivity index (χ4n) is 4.00. The predicted octanol–water partition coefficient (Wildman–Crippen LogP) is 6.84. The number of aromatic nitrogens is 1. The standard InChI is InChI=1S/C26H29N3O2S2/c1-2-23(25(31)29-26-28-22(17-32-26)18-10-5-3-6-11-18)33-21-15-9-14-20(16-21)27-24(30)19-12-7-4-8-13-19/h3,5-6,9-11,14-17,19,23H,2,4,7-8,12-13H2,1H3,(H,27,30)(H,28,29,31). The maximum Gasteiger partial charge on any atom is 0.239 e. The summed E-state index contributed by atoms with van der Waals surface area (Å²) < 4.78 is 0. The van der Waals surface area contributed by atoms with E-state index >= 15 is 0 Å². The van der Waals surface area contributed by atoms with Crippen molar-refractivity contribution in [3.63, 3.8) is 0 Å². The summed E-state index contributed by atoms with van der Waals surface area (Å²) in [6, 6.07) is 17.7. The van der Waals surface area contributed by atoms with Gasteiger partial charge in [-0.2, -0.15) is 0 Å². The number of thioether (sulfide) groups is 1. The van der Waals surface area contributed by atoms with Crippen molar-refractivity contribution in [2.75, 3.05) is 10.6 Å². The number of carbonyl (C=O) groups is 2. The average molecular weight is 480 g/mol. The van der Waals surface area contributed by atoms with Gasteiger partial charge in [0.15, 0.2) is 5.13 Å². The summed E-state index contributed by atoms with van der Waals surface area (Å²) in [5.41, 5.74) is 2.68. The number of nitrogens with zero attached hydrogens (tertiary/aromatic N) is 1. The van der Waals surface area contributed by atoms with Crippen molar-refractivity contribution in [1.29, 1.82) is 0 Å². The Kier molecular flexibility index (Phi) is 8.18. The lowest BCUT2D eigenvalue weighted by molar-refractivity contribution is -0.120. The highest BCUT2D eigenvalue weighted by Crippen LogP contribution is 2.31. The van der Waals surface area contributed by atoms with Crippen molar-refractivity contribution in [1.82, 2.24) is 4.98 Å². The highest BCUT2D eigenvalue weighted by Gasteiger charge is 2.22. The molecule has 1 heterocycles. The first-order chi connectivity index (χ1) is 16.1. The molecule has 1 unspecified atom stereocenters. The SMILES string of the molecule is CCC(Sc1cccc(NC(=O)C2CCCCC2)c1)C(=O)Nc1nc(-c2ccccc2)cs1. The van der Waals surface area contributed by atoms with E-state index in [2.05, 4.69) is 15.6 Å². The van der Waals surface area contributed by atoms with E-state index in [-0.39, 0.29) is 23.0 Å². The Morgan fingerprint density at radius 1 is 1.06 bits per heavy atom. The van der Waals surface area contributed by atoms with E-state index in [0.29, 0.717) is 11.6 Å². The van der Waals surface area contributed by atoms with Crippen molar-refractivity contribution in [3.05, 3.63) is 60.0 Å². The van der Waals surface area contributed by atoms with Crippen LogP contribution in [0.25, 0.3) is 11.3 Å². The van der Waals surface area contributed by atoms with E-state index in [1.54, 1.807) is 0 Å². The summed E-state index contributed by atoms with van der Waals surface area (Å²) in [4.78, 5) is 31.0. The van der Waals surface area contributed by atoms with Gasteiger partial charge in [-0.05, 0) is 37.5 Å². The Morgan fingerprint density at radius 3 is 2.61 bits per heavy atom. The highest BCUT2D eigenvalue weighted by molar-refractivity contribution is 8.00. The van der Waals surface area contributed by atoms with Crippen LogP contribution in [0.4, 0.5) is 10.8 Å². The molecule has 0 spiro atoms. The number of amides is 2. The summed E-state index contributed by atoms with van der Waals surface area (Å²) >= 11 is 2.94. The Labute approximate surface area is 203 Å². The molecule has 3 aromatic rings. The van der Waals surface area contributed by atoms with Crippen LogP contribution in [0.15, 0.2) is 64.9 Å². The third-order valence-electron chi connectivity index (χ3n) is 5.82. The van der Waals surface area contributed by atoms with Gasteiger partial charge in [-0.25, -0.2) is 4.98 Å². The lowest BCUT2D eigenvalue weighted by Gasteiger charge is -2.21. The van der Waals surface area contributed by atoms with Crippen LogP contribution in [-0.2, 0) is 9.59 Å². The van der Waals surface area contributed by atoms with Crippen molar-refractivity contribution >= 4 is 45.7 Å². The molecule has 1 aliphatic carbocycles. The highest BCUT2D eigenvalue weighted by atomic mass is 32.2. The van der Waals surface area contributed by atoms with Gasteiger partial charge in [0.1, 0.15) is 0 Å². The number of carbonyl (C=O) groups excluding carboxylic acids is 2. The quantitative estimate of drug-likeness (QED) is 0.347. The molecule has 1 atom stereocenters. The van der Waals surface area contributed by atoms with Crippen LogP contribution in [0, 0.1) is 5.92 Å². The van der Waals surface area contributed by atoms with Gasteiger partial charge < -0.3 is 10.6 Å². The topological polar surface area (TPSA) is 71.1 Å². The number of hydrogen-bond acceptors (Lipinski definition) is 5. The molecule has 33 heavy (non-hydrogen) atoms. The smallest absolute Gasteiger partial charge is 0.239 e. The molecule has 1 fully saturated rings. The fraction of sp³-hybridized carbons (Fsp3) is 0.346. The van der Waals surface area contributed by atoms with Gasteiger partial charge in [0, 0.05) is 27.4 Å². The second kappa shape index (κ2) is 11.5. The first kappa shape index (κ1) is 23.5. The molecule has 2 N–H and O–H groups in total. The molecule has 0 saturated heterocycles. The molecule has 1 saturated carbocycles. The molecule has 0 radical (unpaired) electrons. The van der Waals surface area contributed by atoms with Crippen LogP contribution >= 0.6 is 23.1 Å². The van der Waals surface area contributed by atoms with Crippen molar-refractivity contribution in [3.8, 4) is 11.3 Å². The van der Waals surface area contributed by atoms with Crippen molar-refractivity contribution in [2.24, 2.45) is 5.92 Å². The molecule has 172 valence electrons. The summed E-state index contributed by atoms with van der Waals surface area (Å²) in [5, 5.41) is 8.35. The van der Waals surface area contributed by atoms with Gasteiger partial charge in [0.05, 0.1) is 10.9 Å². The molecular weight excluding hydrogens is 450 g/mol. The molecule has 1 aromatic heterocycles. The number of rotatable bonds is 8. The van der Waals surface area contributed by atoms with Crippen molar-refractivity contribution < 1.29 is 9.59 Å². The van der Waals surface area contributed by atoms with Crippen LogP contribution in [0.2, 0.25) is 0 Å². The Hall–Kier alpha value is -2.64. The normalized spacial score (nSPS) is 15.1. The van der Waals surface area contributed by atoms with Gasteiger partial charge in [0.2, 0.25) is 11.8 Å². The first-order valence-electron chi connectivity index (χ1n) is 11.5. The molecule has 0 aliphatic heterocycles. The average Bonchev–Trinajstić information content (AvgIpc) is 3.32. The van der Waals surface area contributed by atoms with Gasteiger partial charge in [0.25, 0.3) is 0 Å². The van der Waals surface area contributed by atoms with Crippen LogP contribution in [0.1, 0.15) is 45.4 Å². The molecule has 2 aromatic carbocycles. The van der Waals surface area contributed by atoms with E-state index in [1.165, 1.54) is 29.5 Å². The fourth-order valence-corrected chi connectivity index (χ4v) is 5.74. The van der Waals surface area contributed by atoms with Crippen LogP contribution in [-0.4, -0.2) is 22.0 Å². The minimum absolute atomic E-state index is 0.0619. The minimum atomic E-state index is -0.252. The van der Waals surface area contributed by atoms with E-state index in [4.69, 9.17) is 0 Å². The lowest BCUT2D eigenvalue weighted by Crippen LogP contribution is -2.25. The molecule has 7 heteroatoms. The Morgan fingerprint density at radius 2 is 1.85 bits per heavy atom. The summed E-state index contributed by atoms with van der Waals surface area (Å²) in [5.74, 6) is 0.163. The largest absolute Gasteiger partial charge is 0.326 e. The third-order valence-corrected chi connectivity index (χ3v) is 7.94. The summed E-state index contributed by atoms with van der Waals surface area (Å²) in [7, 11) is 0. The van der Waals surface area contributed by atoms with E-state index in [0.717, 1.165) is 47.5 Å². The van der Waals surface area contributed by atoms with Crippen LogP contribution in [0.3, 0.4) is 0 Å². The summed E-state index contributed by atoms with van der Waals surface area (Å²) in [6.07, 6.45) is 6.12. The van der Waals surface area contributed by atoms with Gasteiger partial charge in [-0.1, -0.05) is 62.6 Å². The second-order valence-corrected chi connectivity index (χ2v) is 10.4. The molecule has 5 nitrogen and oxygen atoms in total. The number of benzene rings is 2. The minimum Gasteiger partial charge on any atom is -0.326 e. The van der Waals surface area contributed by atoms with E-state index in [9.17, 15) is 9.59 Å². The zero-order chi connectivity index (χ0) is 23.0. The number of anilines is 2. The second-order valence-electron chi connectivity index (χ2n) is 8.26. The maximum absolute atomic E-state index is 12.9. The van der Waals surface area contributed by atoms with Gasteiger partial charge >= 0.3 is 0 Å². The number of nitrogens with one attached hydrogen (secondary N) is 2. The predicted molar refractivity (Wildman–Crippen MR) is 138 cm³/mol. The molecule has 0 bridgehead atoms. The summed E-state index contributed by atoms with van der Waals surface area (Å²) in [6.45, 7) is 2.00. The van der Waals surface area contributed by atoms with Gasteiger partial charge in [-0.15, -0.1) is 23.1 Å². The van der Waals surface area contributed by atoms with E-state index in [1.807, 2.05) is 66.9 Å². The molecule has 1 aliphatic rings. The molecule has 2 amide bonds. The van der Waals surface area contributed by atoms with Crippen LogP contribution < -0.4 is 10.6 Å². The lowest BCUT2D eigenvalue weighted by atomic mass is 9.88. The Bertz CT molecular complexity index is 1080. The third kappa shape index (κ3) is 6.45. The van der Waals surface area contributed by atoms with Crippen molar-refractivity contribution in [2.45, 2.75) is 55.6 Å². The zero-order valence-corrected chi connectivity index (χ0v) is 20.4. The van der Waals surface area contributed by atoms with Gasteiger partial charge in [-0.3, -0.25) is 9.59 Å². The number of thiazole rings is 1. The van der Waals surface area contributed by atoms with Crippen LogP contribution in [0.5, 0.6) is 0 Å². The molecule has 4 rings (SSSR count). The monoisotopic (exact) mass is 479 g/mol. The Balaban J connectivity index is 1.36. The zero-order valence-electron chi connectivity index (χ0n) is 18.8. The first-order valence-corrected chi connectivity index (χ1v) is 13.3.